The zero-order valence-electron chi connectivity index (χ0n) is 21.3. The van der Waals surface area contributed by atoms with E-state index in [0.29, 0.717) is 34.7 Å². The third kappa shape index (κ3) is 6.72. The standard InChI is InChI=1S/C23H29N6O8P/c1-5-9-24-21(30)16-8-7-14(3)18(10-16)27-20-19-15(4)17(11-29(19)26-12-25-20)22(31)28(6-2)23(32)36-13-37-38(33,34)35/h7-8,10-12H,5-6,9,13H2,1-4H3,(H,24,30)(H,25,26,27)(H2,33,34,35). The third-order valence-corrected chi connectivity index (χ3v) is 5.97. The summed E-state index contributed by atoms with van der Waals surface area (Å²) in [6, 6.07) is 5.24. The number of imide groups is 1. The molecule has 2 aromatic heterocycles. The predicted octanol–water partition coefficient (Wildman–Crippen LogP) is 2.90. The van der Waals surface area contributed by atoms with Crippen LogP contribution >= 0.6 is 7.82 Å². The molecule has 0 spiro atoms. The highest BCUT2D eigenvalue weighted by Crippen LogP contribution is 2.35. The number of nitrogens with one attached hydrogen (secondary N) is 2. The Kier molecular flexibility index (Phi) is 9.17. The summed E-state index contributed by atoms with van der Waals surface area (Å²) in [5.41, 5.74) is 3.02. The second-order valence-electron chi connectivity index (χ2n) is 8.18. The average Bonchev–Trinajstić information content (AvgIpc) is 3.20. The molecule has 0 radical (unpaired) electrons. The molecular formula is C23H29N6O8P. The number of rotatable bonds is 10. The second kappa shape index (κ2) is 12.1. The number of nitrogens with zero attached hydrogens (tertiary/aromatic N) is 4. The maximum absolute atomic E-state index is 13.2. The molecule has 2 heterocycles. The summed E-state index contributed by atoms with van der Waals surface area (Å²) < 4.78 is 21.0. The number of hydrogen-bond donors (Lipinski definition) is 4. The van der Waals surface area contributed by atoms with Crippen LogP contribution in [-0.4, -0.2) is 67.1 Å². The molecule has 204 valence electrons. The van der Waals surface area contributed by atoms with E-state index in [1.165, 1.54) is 24.0 Å². The van der Waals surface area contributed by atoms with Crippen molar-refractivity contribution in [3.05, 3.63) is 53.0 Å². The number of hydrogen-bond acceptors (Lipinski definition) is 9. The molecule has 38 heavy (non-hydrogen) atoms. The van der Waals surface area contributed by atoms with Gasteiger partial charge in [0, 0.05) is 30.5 Å². The first-order valence-corrected chi connectivity index (χ1v) is 13.2. The Labute approximate surface area is 218 Å². The number of phosphoric acid groups is 1. The van der Waals surface area contributed by atoms with Crippen LogP contribution in [0.25, 0.3) is 5.52 Å². The molecule has 1 aromatic carbocycles. The molecule has 3 rings (SSSR count). The van der Waals surface area contributed by atoms with Gasteiger partial charge in [0.15, 0.2) is 5.82 Å². The lowest BCUT2D eigenvalue weighted by Gasteiger charge is -2.18. The van der Waals surface area contributed by atoms with Crippen molar-refractivity contribution in [1.82, 2.24) is 24.8 Å². The molecular weight excluding hydrogens is 519 g/mol. The van der Waals surface area contributed by atoms with E-state index in [1.54, 1.807) is 19.1 Å². The molecule has 0 fully saturated rings. The summed E-state index contributed by atoms with van der Waals surface area (Å²) in [6.45, 7) is 6.48. The third-order valence-electron chi connectivity index (χ3n) is 5.53. The van der Waals surface area contributed by atoms with Gasteiger partial charge in [0.05, 0.1) is 5.56 Å². The van der Waals surface area contributed by atoms with Crippen LogP contribution in [0.15, 0.2) is 30.7 Å². The lowest BCUT2D eigenvalue weighted by molar-refractivity contribution is 0.0210. The van der Waals surface area contributed by atoms with Gasteiger partial charge in [-0.15, -0.1) is 0 Å². The number of anilines is 2. The fraction of sp³-hybridized carbons (Fsp3) is 0.348. The first-order chi connectivity index (χ1) is 18.0. The van der Waals surface area contributed by atoms with Crippen molar-refractivity contribution in [1.29, 1.82) is 0 Å². The maximum Gasteiger partial charge on any atom is 0.472 e. The van der Waals surface area contributed by atoms with Crippen molar-refractivity contribution >= 4 is 42.8 Å². The van der Waals surface area contributed by atoms with Crippen LogP contribution in [-0.2, 0) is 13.8 Å². The van der Waals surface area contributed by atoms with E-state index in [0.717, 1.165) is 16.9 Å². The summed E-state index contributed by atoms with van der Waals surface area (Å²) in [5, 5.41) is 10.2. The van der Waals surface area contributed by atoms with Crippen LogP contribution in [0.3, 0.4) is 0 Å². The van der Waals surface area contributed by atoms with Crippen LogP contribution < -0.4 is 10.6 Å². The van der Waals surface area contributed by atoms with Crippen molar-refractivity contribution in [3.63, 3.8) is 0 Å². The molecule has 0 bridgehead atoms. The van der Waals surface area contributed by atoms with Crippen LogP contribution in [0.1, 0.15) is 52.1 Å². The van der Waals surface area contributed by atoms with Gasteiger partial charge >= 0.3 is 13.9 Å². The van der Waals surface area contributed by atoms with E-state index < -0.39 is 26.6 Å². The van der Waals surface area contributed by atoms with Gasteiger partial charge < -0.3 is 25.2 Å². The van der Waals surface area contributed by atoms with E-state index in [1.807, 2.05) is 19.9 Å². The largest absolute Gasteiger partial charge is 0.472 e. The highest BCUT2D eigenvalue weighted by Gasteiger charge is 2.28. The van der Waals surface area contributed by atoms with Gasteiger partial charge in [-0.25, -0.2) is 28.3 Å². The second-order valence-corrected chi connectivity index (χ2v) is 9.42. The van der Waals surface area contributed by atoms with Gasteiger partial charge in [0.1, 0.15) is 11.8 Å². The number of benzene rings is 1. The predicted molar refractivity (Wildman–Crippen MR) is 136 cm³/mol. The Morgan fingerprint density at radius 2 is 1.92 bits per heavy atom. The monoisotopic (exact) mass is 548 g/mol. The van der Waals surface area contributed by atoms with Crippen LogP contribution in [0.5, 0.6) is 0 Å². The molecule has 0 saturated heterocycles. The normalized spacial score (nSPS) is 11.3. The van der Waals surface area contributed by atoms with Crippen LogP contribution in [0.2, 0.25) is 0 Å². The van der Waals surface area contributed by atoms with Crippen LogP contribution in [0.4, 0.5) is 16.3 Å². The molecule has 0 aliphatic rings. The van der Waals surface area contributed by atoms with Gasteiger partial charge in [-0.3, -0.25) is 9.59 Å². The van der Waals surface area contributed by atoms with Gasteiger partial charge in [0.2, 0.25) is 6.79 Å². The summed E-state index contributed by atoms with van der Waals surface area (Å²) in [5.74, 6) is -0.549. The average molecular weight is 548 g/mol. The molecule has 15 heteroatoms. The number of phosphoric ester groups is 1. The smallest absolute Gasteiger partial charge is 0.421 e. The van der Waals surface area contributed by atoms with E-state index >= 15 is 0 Å². The van der Waals surface area contributed by atoms with Gasteiger partial charge in [0.25, 0.3) is 11.8 Å². The van der Waals surface area contributed by atoms with Crippen molar-refractivity contribution in [2.75, 3.05) is 25.2 Å². The molecule has 3 amide bonds. The first kappa shape index (κ1) is 28.7. The van der Waals surface area contributed by atoms with E-state index in [-0.39, 0.29) is 18.0 Å². The Hall–Kier alpha value is -3.84. The fourth-order valence-electron chi connectivity index (χ4n) is 3.56. The number of amides is 3. The molecule has 0 aliphatic carbocycles. The number of aryl methyl sites for hydroxylation is 2. The lowest BCUT2D eigenvalue weighted by atomic mass is 10.1. The zero-order valence-corrected chi connectivity index (χ0v) is 22.2. The number of carbonyl (C=O) groups excluding carboxylic acids is 3. The summed E-state index contributed by atoms with van der Waals surface area (Å²) in [7, 11) is -4.85. The van der Waals surface area contributed by atoms with Gasteiger partial charge in [-0.1, -0.05) is 13.0 Å². The quantitative estimate of drug-likeness (QED) is 0.216. The van der Waals surface area contributed by atoms with Crippen molar-refractivity contribution in [3.8, 4) is 0 Å². The lowest BCUT2D eigenvalue weighted by Crippen LogP contribution is -2.37. The molecule has 0 atom stereocenters. The Bertz CT molecular complexity index is 1400. The number of ether oxygens (including phenoxy) is 1. The molecule has 3 aromatic rings. The fourth-order valence-corrected chi connectivity index (χ4v) is 3.75. The number of fused-ring (bicyclic) bond motifs is 1. The minimum atomic E-state index is -4.85. The molecule has 0 aliphatic heterocycles. The number of carbonyl (C=O) groups is 3. The molecule has 0 saturated carbocycles. The van der Waals surface area contributed by atoms with Crippen molar-refractivity contribution in [2.24, 2.45) is 0 Å². The maximum atomic E-state index is 13.2. The first-order valence-electron chi connectivity index (χ1n) is 11.6. The molecule has 0 unspecified atom stereocenters. The Morgan fingerprint density at radius 1 is 1.18 bits per heavy atom. The van der Waals surface area contributed by atoms with E-state index in [9.17, 15) is 18.9 Å². The van der Waals surface area contributed by atoms with Crippen molar-refractivity contribution < 1.29 is 38.0 Å². The van der Waals surface area contributed by atoms with Crippen LogP contribution in [0, 0.1) is 13.8 Å². The number of aromatic nitrogens is 3. The SMILES string of the molecule is CCCNC(=O)c1ccc(C)c(Nc2ncnn3cc(C(=O)N(CC)C(=O)OCOP(=O)(O)O)c(C)c23)c1. The molecule has 4 N–H and O–H groups in total. The highest BCUT2D eigenvalue weighted by molar-refractivity contribution is 7.46. The highest BCUT2D eigenvalue weighted by atomic mass is 31.2. The van der Waals surface area contributed by atoms with Gasteiger partial charge in [-0.2, -0.15) is 5.10 Å². The van der Waals surface area contributed by atoms with E-state index in [4.69, 9.17) is 9.79 Å². The van der Waals surface area contributed by atoms with E-state index in [2.05, 4.69) is 30.0 Å². The minimum Gasteiger partial charge on any atom is -0.421 e. The Balaban J connectivity index is 1.90. The summed E-state index contributed by atoms with van der Waals surface area (Å²) >= 11 is 0. The van der Waals surface area contributed by atoms with Crippen molar-refractivity contribution in [2.45, 2.75) is 34.1 Å². The van der Waals surface area contributed by atoms with Gasteiger partial charge in [-0.05, 0) is 50.5 Å². The zero-order chi connectivity index (χ0) is 28.0. The minimum absolute atomic E-state index is 0.0813. The molecule has 14 nitrogen and oxygen atoms in total. The Morgan fingerprint density at radius 3 is 2.58 bits per heavy atom. The summed E-state index contributed by atoms with van der Waals surface area (Å²) in [6.07, 6.45) is 2.40. The summed E-state index contributed by atoms with van der Waals surface area (Å²) in [4.78, 5) is 60.5. The topological polar surface area (TPSA) is 185 Å².